The van der Waals surface area contributed by atoms with Crippen LogP contribution in [0.25, 0.3) is 17.0 Å². The number of nitrogens with zero attached hydrogens (tertiary/aromatic N) is 3. The minimum absolute atomic E-state index is 0.351. The predicted molar refractivity (Wildman–Crippen MR) is 89.2 cm³/mol. The smallest absolute Gasteiger partial charge is 0.350 e. The Bertz CT molecular complexity index is 907. The van der Waals surface area contributed by atoms with Gasteiger partial charge >= 0.3 is 5.63 Å². The zero-order valence-corrected chi connectivity index (χ0v) is 14.3. The van der Waals surface area contributed by atoms with Crippen LogP contribution in [0.15, 0.2) is 50.2 Å². The molecule has 0 spiro atoms. The Kier molecular flexibility index (Phi) is 4.49. The van der Waals surface area contributed by atoms with Crippen LogP contribution < -0.4 is 10.4 Å². The lowest BCUT2D eigenvalue weighted by Crippen LogP contribution is -2.02. The Morgan fingerprint density at radius 3 is 2.91 bits per heavy atom. The van der Waals surface area contributed by atoms with Crippen LogP contribution in [0.5, 0.6) is 5.88 Å². The van der Waals surface area contributed by atoms with Crippen molar-refractivity contribution in [2.45, 2.75) is 6.92 Å². The van der Waals surface area contributed by atoms with E-state index in [-0.39, 0.29) is 0 Å². The van der Waals surface area contributed by atoms with Crippen molar-refractivity contribution < 1.29 is 9.15 Å². The molecule has 0 atom stereocenters. The highest BCUT2D eigenvalue weighted by atomic mass is 79.9. The van der Waals surface area contributed by atoms with Gasteiger partial charge < -0.3 is 9.15 Å². The van der Waals surface area contributed by atoms with E-state index >= 15 is 0 Å². The molecular formula is C15H11BrClN3O3. The topological polar surface area (TPSA) is 70.2 Å². The lowest BCUT2D eigenvalue weighted by Gasteiger charge is -2.08. The van der Waals surface area contributed by atoms with Gasteiger partial charge in [-0.25, -0.2) is 9.48 Å². The first-order valence-corrected chi connectivity index (χ1v) is 7.90. The second-order valence-corrected chi connectivity index (χ2v) is 5.82. The van der Waals surface area contributed by atoms with E-state index in [1.165, 1.54) is 0 Å². The van der Waals surface area contributed by atoms with Crippen molar-refractivity contribution in [1.82, 2.24) is 15.0 Å². The summed E-state index contributed by atoms with van der Waals surface area (Å²) in [6.07, 6.45) is 1.65. The van der Waals surface area contributed by atoms with Gasteiger partial charge in [0.25, 0.3) is 5.88 Å². The van der Waals surface area contributed by atoms with E-state index in [2.05, 4.69) is 26.2 Å². The standard InChI is InChI=1S/C15H11BrClN3O3/c1-2-22-14-8-20(19-18-14)12-5-3-9(17)7-10(12)13-6-4-11(16)15(21)23-13/h3-8H,2H2,1H3. The van der Waals surface area contributed by atoms with Crippen molar-refractivity contribution in [1.29, 1.82) is 0 Å². The van der Waals surface area contributed by atoms with Crippen molar-refractivity contribution in [2.24, 2.45) is 0 Å². The monoisotopic (exact) mass is 395 g/mol. The Hall–Kier alpha value is -2.12. The Morgan fingerprint density at radius 1 is 1.35 bits per heavy atom. The first kappa shape index (κ1) is 15.8. The average Bonchev–Trinajstić information content (AvgIpc) is 2.99. The Balaban J connectivity index is 2.13. The first-order chi connectivity index (χ1) is 11.1. The van der Waals surface area contributed by atoms with Crippen LogP contribution in [-0.2, 0) is 0 Å². The van der Waals surface area contributed by atoms with Crippen LogP contribution in [-0.4, -0.2) is 21.6 Å². The van der Waals surface area contributed by atoms with Crippen LogP contribution >= 0.6 is 27.5 Å². The molecule has 0 fully saturated rings. The molecule has 2 heterocycles. The maximum absolute atomic E-state index is 11.7. The zero-order valence-electron chi connectivity index (χ0n) is 12.0. The van der Waals surface area contributed by atoms with Crippen molar-refractivity contribution >= 4 is 27.5 Å². The second-order valence-electron chi connectivity index (χ2n) is 4.53. The highest BCUT2D eigenvalue weighted by Crippen LogP contribution is 2.29. The molecule has 0 N–H and O–H groups in total. The molecule has 0 radical (unpaired) electrons. The molecule has 3 aromatic rings. The third-order valence-electron chi connectivity index (χ3n) is 3.01. The number of halogens is 2. The molecule has 8 heteroatoms. The highest BCUT2D eigenvalue weighted by Gasteiger charge is 2.14. The lowest BCUT2D eigenvalue weighted by atomic mass is 10.1. The minimum atomic E-state index is -0.470. The summed E-state index contributed by atoms with van der Waals surface area (Å²) in [6, 6.07) is 8.49. The summed E-state index contributed by atoms with van der Waals surface area (Å²) >= 11 is 9.21. The summed E-state index contributed by atoms with van der Waals surface area (Å²) in [5.41, 5.74) is 0.815. The molecular weight excluding hydrogens is 386 g/mol. The van der Waals surface area contributed by atoms with E-state index in [9.17, 15) is 4.79 Å². The normalized spacial score (nSPS) is 10.7. The zero-order chi connectivity index (χ0) is 16.4. The van der Waals surface area contributed by atoms with Crippen LogP contribution in [0.4, 0.5) is 0 Å². The SMILES string of the molecule is CCOc1cn(-c2ccc(Cl)cc2-c2ccc(Br)c(=O)o2)nn1. The molecule has 23 heavy (non-hydrogen) atoms. The summed E-state index contributed by atoms with van der Waals surface area (Å²) in [4.78, 5) is 11.7. The van der Waals surface area contributed by atoms with Crippen molar-refractivity contribution in [3.05, 3.63) is 56.4 Å². The lowest BCUT2D eigenvalue weighted by molar-refractivity contribution is 0.326. The van der Waals surface area contributed by atoms with E-state index in [0.717, 1.165) is 0 Å². The fourth-order valence-electron chi connectivity index (χ4n) is 2.03. The molecule has 118 valence electrons. The van der Waals surface area contributed by atoms with Gasteiger partial charge in [-0.1, -0.05) is 21.9 Å². The number of aromatic nitrogens is 3. The number of hydrogen-bond donors (Lipinski definition) is 0. The molecule has 1 aromatic carbocycles. The van der Waals surface area contributed by atoms with Gasteiger partial charge in [0.1, 0.15) is 10.2 Å². The van der Waals surface area contributed by atoms with Crippen LogP contribution in [0, 0.1) is 0 Å². The van der Waals surface area contributed by atoms with Gasteiger partial charge in [0.2, 0.25) is 0 Å². The molecule has 0 aliphatic rings. The molecule has 0 aliphatic carbocycles. The molecule has 0 aliphatic heterocycles. The van der Waals surface area contributed by atoms with E-state index in [4.69, 9.17) is 20.8 Å². The molecule has 0 bridgehead atoms. The van der Waals surface area contributed by atoms with Gasteiger partial charge in [-0.05, 0) is 53.2 Å². The van der Waals surface area contributed by atoms with Gasteiger partial charge in [-0.2, -0.15) is 0 Å². The van der Waals surface area contributed by atoms with Crippen LogP contribution in [0.2, 0.25) is 5.02 Å². The molecule has 3 rings (SSSR count). The molecule has 0 saturated heterocycles. The number of benzene rings is 1. The number of rotatable bonds is 4. The van der Waals surface area contributed by atoms with Crippen LogP contribution in [0.1, 0.15) is 6.92 Å². The second kappa shape index (κ2) is 6.55. The molecule has 0 unspecified atom stereocenters. The average molecular weight is 397 g/mol. The number of ether oxygens (including phenoxy) is 1. The van der Waals surface area contributed by atoms with Gasteiger partial charge in [-0.15, -0.1) is 0 Å². The highest BCUT2D eigenvalue weighted by molar-refractivity contribution is 9.10. The van der Waals surface area contributed by atoms with Gasteiger partial charge in [-0.3, -0.25) is 0 Å². The van der Waals surface area contributed by atoms with Crippen LogP contribution in [0.3, 0.4) is 0 Å². The Morgan fingerprint density at radius 2 is 2.17 bits per heavy atom. The predicted octanol–water partition coefficient (Wildman–Crippen LogP) is 3.70. The van der Waals surface area contributed by atoms with E-state index in [0.29, 0.717) is 39.0 Å². The molecule has 2 aromatic heterocycles. The quantitative estimate of drug-likeness (QED) is 0.672. The van der Waals surface area contributed by atoms with Gasteiger partial charge in [0.15, 0.2) is 0 Å². The Labute approximate surface area is 144 Å². The van der Waals surface area contributed by atoms with Crippen molar-refractivity contribution in [3.63, 3.8) is 0 Å². The van der Waals surface area contributed by atoms with Gasteiger partial charge in [0, 0.05) is 10.6 Å². The molecule has 0 saturated carbocycles. The summed E-state index contributed by atoms with van der Waals surface area (Å²) in [7, 11) is 0. The maximum atomic E-state index is 11.7. The van der Waals surface area contributed by atoms with Crippen molar-refractivity contribution in [2.75, 3.05) is 6.61 Å². The fraction of sp³-hybridized carbons (Fsp3) is 0.133. The van der Waals surface area contributed by atoms with E-state index in [1.807, 2.05) is 6.92 Å². The minimum Gasteiger partial charge on any atom is -0.476 e. The number of hydrogen-bond acceptors (Lipinski definition) is 5. The third kappa shape index (κ3) is 3.30. The maximum Gasteiger partial charge on any atom is 0.350 e. The van der Waals surface area contributed by atoms with E-state index < -0.39 is 5.63 Å². The summed E-state index contributed by atoms with van der Waals surface area (Å²) in [5, 5.41) is 8.47. The van der Waals surface area contributed by atoms with Crippen molar-refractivity contribution in [3.8, 4) is 22.9 Å². The summed E-state index contributed by atoms with van der Waals surface area (Å²) < 4.78 is 12.5. The first-order valence-electron chi connectivity index (χ1n) is 6.73. The summed E-state index contributed by atoms with van der Waals surface area (Å²) in [6.45, 7) is 2.36. The van der Waals surface area contributed by atoms with E-state index in [1.54, 1.807) is 41.2 Å². The molecule has 0 amide bonds. The molecule has 6 nitrogen and oxygen atoms in total. The third-order valence-corrected chi connectivity index (χ3v) is 3.84. The summed E-state index contributed by atoms with van der Waals surface area (Å²) in [5.74, 6) is 0.787. The largest absolute Gasteiger partial charge is 0.476 e. The fourth-order valence-corrected chi connectivity index (χ4v) is 2.42. The van der Waals surface area contributed by atoms with Gasteiger partial charge in [0.05, 0.1) is 18.5 Å².